The number of carbonyl (C=O) groups excluding carboxylic acids is 3. The van der Waals surface area contributed by atoms with Crippen LogP contribution < -0.4 is 5.32 Å². The highest BCUT2D eigenvalue weighted by atomic mass is 16.2. The first kappa shape index (κ1) is 21.5. The summed E-state index contributed by atoms with van der Waals surface area (Å²) < 4.78 is 0. The van der Waals surface area contributed by atoms with E-state index in [1.165, 1.54) is 4.90 Å². The Morgan fingerprint density at radius 3 is 2.47 bits per heavy atom. The second-order valence-corrected chi connectivity index (χ2v) is 7.65. The van der Waals surface area contributed by atoms with Crippen molar-refractivity contribution in [2.24, 2.45) is 5.92 Å². The number of urea groups is 1. The molecule has 6 nitrogen and oxygen atoms in total. The monoisotopic (exact) mass is 405 g/mol. The number of nitrogens with zero attached hydrogens (tertiary/aromatic N) is 2. The second kappa shape index (κ2) is 9.50. The standard InChI is InChI=1S/C24H27N3O3/c1-3-5-16-27-22(29)24(25-23(27)30,15-12-19-10-7-6-8-11-19)20-13-17-26(18-14-20)21(28)9-4-2/h6-8,10-11,20H,12-18H2,1-2H3,(H,25,30)/t24-/m0/s1. The van der Waals surface area contributed by atoms with Gasteiger partial charge < -0.3 is 10.2 Å². The molecular weight excluding hydrogens is 378 g/mol. The van der Waals surface area contributed by atoms with Gasteiger partial charge in [-0.05, 0) is 56.9 Å². The molecule has 1 N–H and O–H groups in total. The summed E-state index contributed by atoms with van der Waals surface area (Å²) in [4.78, 5) is 41.2. The van der Waals surface area contributed by atoms with Gasteiger partial charge in [0, 0.05) is 13.1 Å². The Morgan fingerprint density at radius 2 is 1.83 bits per heavy atom. The molecule has 1 aromatic carbocycles. The Balaban J connectivity index is 1.82. The quantitative estimate of drug-likeness (QED) is 0.603. The summed E-state index contributed by atoms with van der Waals surface area (Å²) in [7, 11) is 0. The van der Waals surface area contributed by atoms with Crippen LogP contribution in [-0.2, 0) is 16.0 Å². The van der Waals surface area contributed by atoms with Crippen molar-refractivity contribution in [3.63, 3.8) is 0 Å². The normalized spacial score (nSPS) is 21.4. The number of nitrogens with one attached hydrogen (secondary N) is 1. The third-order valence-corrected chi connectivity index (χ3v) is 5.98. The van der Waals surface area contributed by atoms with Gasteiger partial charge in [-0.25, -0.2) is 4.79 Å². The first-order valence-electron chi connectivity index (χ1n) is 10.3. The van der Waals surface area contributed by atoms with Gasteiger partial charge in [-0.15, -0.1) is 5.92 Å². The number of hydrogen-bond donors (Lipinski definition) is 1. The first-order valence-corrected chi connectivity index (χ1v) is 10.3. The number of imide groups is 1. The van der Waals surface area contributed by atoms with Crippen molar-refractivity contribution in [2.75, 3.05) is 19.6 Å². The zero-order valence-corrected chi connectivity index (χ0v) is 17.5. The lowest BCUT2D eigenvalue weighted by Crippen LogP contribution is -2.56. The number of rotatable bonds is 5. The summed E-state index contributed by atoms with van der Waals surface area (Å²) in [6, 6.07) is 9.57. The number of amides is 4. The van der Waals surface area contributed by atoms with E-state index in [0.717, 1.165) is 5.56 Å². The lowest BCUT2D eigenvalue weighted by atomic mass is 9.74. The fraction of sp³-hybridized carbons (Fsp3) is 0.458. The van der Waals surface area contributed by atoms with E-state index in [9.17, 15) is 14.4 Å². The van der Waals surface area contributed by atoms with Crippen molar-refractivity contribution in [1.29, 1.82) is 0 Å². The Morgan fingerprint density at radius 1 is 1.13 bits per heavy atom. The predicted molar refractivity (Wildman–Crippen MR) is 114 cm³/mol. The predicted octanol–water partition coefficient (Wildman–Crippen LogP) is 2.20. The average molecular weight is 405 g/mol. The molecule has 30 heavy (non-hydrogen) atoms. The Labute approximate surface area is 178 Å². The van der Waals surface area contributed by atoms with E-state index >= 15 is 0 Å². The molecule has 2 fully saturated rings. The topological polar surface area (TPSA) is 69.7 Å². The number of hydrogen-bond acceptors (Lipinski definition) is 3. The minimum absolute atomic E-state index is 0.0455. The highest BCUT2D eigenvalue weighted by Gasteiger charge is 2.55. The maximum atomic E-state index is 13.5. The minimum Gasteiger partial charge on any atom is -0.332 e. The fourth-order valence-electron chi connectivity index (χ4n) is 4.34. The van der Waals surface area contributed by atoms with Gasteiger partial charge in [-0.3, -0.25) is 14.5 Å². The van der Waals surface area contributed by atoms with Crippen LogP contribution in [0.2, 0.25) is 0 Å². The molecule has 2 aliphatic heterocycles. The average Bonchev–Trinajstić information content (AvgIpc) is 3.02. The number of likely N-dealkylation sites (tertiary alicyclic amines) is 1. The number of carbonyl (C=O) groups is 3. The van der Waals surface area contributed by atoms with Crippen LogP contribution in [0.25, 0.3) is 0 Å². The van der Waals surface area contributed by atoms with Gasteiger partial charge in [0.25, 0.3) is 11.8 Å². The number of piperidine rings is 1. The van der Waals surface area contributed by atoms with Gasteiger partial charge in [-0.1, -0.05) is 42.2 Å². The lowest BCUT2D eigenvalue weighted by Gasteiger charge is -2.40. The zero-order chi connectivity index (χ0) is 21.6. The molecule has 0 aromatic heterocycles. The van der Waals surface area contributed by atoms with Gasteiger partial charge in [0.2, 0.25) is 0 Å². The Hall–Kier alpha value is -3.25. The minimum atomic E-state index is -0.964. The van der Waals surface area contributed by atoms with E-state index < -0.39 is 5.54 Å². The summed E-state index contributed by atoms with van der Waals surface area (Å²) in [5.74, 6) is 10.4. The van der Waals surface area contributed by atoms with E-state index in [4.69, 9.17) is 0 Å². The van der Waals surface area contributed by atoms with E-state index in [-0.39, 0.29) is 30.3 Å². The van der Waals surface area contributed by atoms with Crippen molar-refractivity contribution in [2.45, 2.75) is 45.1 Å². The molecule has 156 valence electrons. The molecule has 0 aliphatic carbocycles. The van der Waals surface area contributed by atoms with E-state index in [1.807, 2.05) is 30.3 Å². The van der Waals surface area contributed by atoms with Gasteiger partial charge in [0.15, 0.2) is 0 Å². The lowest BCUT2D eigenvalue weighted by molar-refractivity contribution is -0.134. The van der Waals surface area contributed by atoms with Crippen LogP contribution >= 0.6 is 0 Å². The maximum absolute atomic E-state index is 13.5. The molecule has 0 radical (unpaired) electrons. The molecule has 6 heteroatoms. The number of benzene rings is 1. The molecule has 3 rings (SSSR count). The molecule has 0 spiro atoms. The van der Waals surface area contributed by atoms with E-state index in [0.29, 0.717) is 38.8 Å². The molecule has 0 unspecified atom stereocenters. The van der Waals surface area contributed by atoms with Crippen LogP contribution in [0.4, 0.5) is 4.79 Å². The highest BCUT2D eigenvalue weighted by Crippen LogP contribution is 2.37. The van der Waals surface area contributed by atoms with Crippen LogP contribution in [0, 0.1) is 29.6 Å². The van der Waals surface area contributed by atoms with Crippen molar-refractivity contribution in [1.82, 2.24) is 15.1 Å². The first-order chi connectivity index (χ1) is 14.5. The summed E-state index contributed by atoms with van der Waals surface area (Å²) in [5.41, 5.74) is 0.157. The third-order valence-electron chi connectivity index (χ3n) is 5.98. The van der Waals surface area contributed by atoms with E-state index in [2.05, 4.69) is 29.0 Å². The molecule has 1 atom stereocenters. The van der Waals surface area contributed by atoms with Crippen LogP contribution in [0.1, 0.15) is 38.7 Å². The van der Waals surface area contributed by atoms with E-state index in [1.54, 1.807) is 18.7 Å². The second-order valence-electron chi connectivity index (χ2n) is 7.65. The molecule has 2 aliphatic rings. The van der Waals surface area contributed by atoms with Crippen molar-refractivity contribution in [3.8, 4) is 23.7 Å². The smallest absolute Gasteiger partial charge is 0.325 e. The van der Waals surface area contributed by atoms with Crippen LogP contribution in [0.15, 0.2) is 30.3 Å². The Bertz CT molecular complexity index is 927. The van der Waals surface area contributed by atoms with Crippen LogP contribution in [-0.4, -0.2) is 52.8 Å². The van der Waals surface area contributed by atoms with Crippen molar-refractivity contribution < 1.29 is 14.4 Å². The van der Waals surface area contributed by atoms with Gasteiger partial charge >= 0.3 is 6.03 Å². The maximum Gasteiger partial charge on any atom is 0.325 e. The zero-order valence-electron chi connectivity index (χ0n) is 17.5. The summed E-state index contributed by atoms with van der Waals surface area (Å²) >= 11 is 0. The molecule has 0 bridgehead atoms. The SMILES string of the molecule is CC#CCN1C(=O)N[C@@](CCc2ccccc2)(C2CCN(C(=O)C#CC)CC2)C1=O. The Kier molecular flexibility index (Phi) is 6.79. The summed E-state index contributed by atoms with van der Waals surface area (Å²) in [6.07, 6.45) is 2.49. The van der Waals surface area contributed by atoms with Crippen molar-refractivity contribution >= 4 is 17.8 Å². The molecule has 4 amide bonds. The van der Waals surface area contributed by atoms with Gasteiger partial charge in [0.05, 0.1) is 6.54 Å². The third kappa shape index (κ3) is 4.33. The molecule has 2 heterocycles. The summed E-state index contributed by atoms with van der Waals surface area (Å²) in [6.45, 7) is 4.49. The highest BCUT2D eigenvalue weighted by molar-refractivity contribution is 6.07. The fourth-order valence-corrected chi connectivity index (χ4v) is 4.34. The van der Waals surface area contributed by atoms with Crippen LogP contribution in [0.5, 0.6) is 0 Å². The van der Waals surface area contributed by atoms with Gasteiger partial charge in [-0.2, -0.15) is 0 Å². The summed E-state index contributed by atoms with van der Waals surface area (Å²) in [5, 5.41) is 3.02. The van der Waals surface area contributed by atoms with Crippen LogP contribution in [0.3, 0.4) is 0 Å². The number of aryl methyl sites for hydroxylation is 1. The molecule has 1 aromatic rings. The molecule has 2 saturated heterocycles. The van der Waals surface area contributed by atoms with Crippen molar-refractivity contribution in [3.05, 3.63) is 35.9 Å². The molecule has 0 saturated carbocycles. The largest absolute Gasteiger partial charge is 0.332 e. The molecular formula is C24H27N3O3. The van der Waals surface area contributed by atoms with Gasteiger partial charge in [0.1, 0.15) is 5.54 Å².